The summed E-state index contributed by atoms with van der Waals surface area (Å²) in [7, 11) is 0. The summed E-state index contributed by atoms with van der Waals surface area (Å²) in [5.74, 6) is -1.38. The van der Waals surface area contributed by atoms with E-state index in [0.29, 0.717) is 0 Å². The number of fused-ring (bicyclic) bond motifs is 1. The lowest BCUT2D eigenvalue weighted by molar-refractivity contribution is 0.0694. The Hall–Kier alpha value is -2.88. The summed E-state index contributed by atoms with van der Waals surface area (Å²) >= 11 is 0. The lowest BCUT2D eigenvalue weighted by Crippen LogP contribution is -1.97. The van der Waals surface area contributed by atoms with Crippen molar-refractivity contribution in [3.8, 4) is 16.9 Å². The first-order valence-corrected chi connectivity index (χ1v) is 6.06. The molecule has 0 aliphatic carbocycles. The highest BCUT2D eigenvalue weighted by molar-refractivity contribution is 5.98. The normalized spacial score (nSPS) is 10.6. The zero-order valence-corrected chi connectivity index (χ0v) is 10.4. The van der Waals surface area contributed by atoms with Gasteiger partial charge in [-0.2, -0.15) is 0 Å². The van der Waals surface area contributed by atoms with Gasteiger partial charge in [-0.1, -0.05) is 24.3 Å². The fourth-order valence-corrected chi connectivity index (χ4v) is 2.25. The van der Waals surface area contributed by atoms with E-state index in [9.17, 15) is 9.90 Å². The summed E-state index contributed by atoms with van der Waals surface area (Å²) in [5, 5.41) is 20.6. The average Bonchev–Trinajstić information content (AvgIpc) is 2.47. The molecular weight excluding hydrogens is 254 g/mol. The van der Waals surface area contributed by atoms with Crippen molar-refractivity contribution in [2.75, 3.05) is 0 Å². The van der Waals surface area contributed by atoms with E-state index in [-0.39, 0.29) is 11.3 Å². The van der Waals surface area contributed by atoms with E-state index in [0.717, 1.165) is 21.9 Å². The third-order valence-electron chi connectivity index (χ3n) is 3.22. The molecule has 0 saturated carbocycles. The summed E-state index contributed by atoms with van der Waals surface area (Å²) in [6.07, 6.45) is 3.46. The first-order valence-electron chi connectivity index (χ1n) is 6.06. The Morgan fingerprint density at radius 3 is 2.75 bits per heavy atom. The number of carboxylic acid groups (broad SMARTS) is 1. The molecule has 1 heterocycles. The second kappa shape index (κ2) is 4.66. The molecule has 0 aliphatic heterocycles. The number of hydrogen-bond donors (Lipinski definition) is 2. The maximum atomic E-state index is 11.1. The lowest BCUT2D eigenvalue weighted by atomic mass is 9.97. The number of pyridine rings is 1. The minimum atomic E-state index is -1.15. The Balaban J connectivity index is 2.26. The van der Waals surface area contributed by atoms with Crippen LogP contribution in [-0.2, 0) is 0 Å². The Kier molecular flexibility index (Phi) is 2.84. The molecule has 0 radical (unpaired) electrons. The summed E-state index contributed by atoms with van der Waals surface area (Å²) in [6, 6.07) is 12.2. The van der Waals surface area contributed by atoms with Crippen molar-refractivity contribution in [3.05, 3.63) is 60.4 Å². The van der Waals surface area contributed by atoms with Gasteiger partial charge in [0.1, 0.15) is 11.3 Å². The van der Waals surface area contributed by atoms with Gasteiger partial charge in [0.2, 0.25) is 0 Å². The van der Waals surface area contributed by atoms with Crippen LogP contribution in [0.3, 0.4) is 0 Å². The predicted molar refractivity (Wildman–Crippen MR) is 75.8 cm³/mol. The molecule has 2 N–H and O–H groups in total. The van der Waals surface area contributed by atoms with E-state index < -0.39 is 5.97 Å². The number of nitrogens with zero attached hydrogens (tertiary/aromatic N) is 1. The number of carboxylic acids is 1. The van der Waals surface area contributed by atoms with Crippen LogP contribution in [0.15, 0.2) is 54.9 Å². The standard InChI is InChI=1S/C16H11NO3/c18-15-5-4-10(8-14(15)16(19)20)12-3-1-2-11-9-17-7-6-13(11)12/h1-9,18H,(H,19,20). The number of carbonyl (C=O) groups is 1. The number of aromatic carboxylic acids is 1. The topological polar surface area (TPSA) is 70.4 Å². The van der Waals surface area contributed by atoms with Gasteiger partial charge >= 0.3 is 5.97 Å². The molecule has 4 nitrogen and oxygen atoms in total. The van der Waals surface area contributed by atoms with Crippen molar-refractivity contribution in [1.82, 2.24) is 4.98 Å². The predicted octanol–water partition coefficient (Wildman–Crippen LogP) is 3.31. The number of benzene rings is 2. The van der Waals surface area contributed by atoms with Crippen LogP contribution >= 0.6 is 0 Å². The van der Waals surface area contributed by atoms with Gasteiger partial charge < -0.3 is 10.2 Å². The molecule has 0 bridgehead atoms. The molecule has 20 heavy (non-hydrogen) atoms. The van der Waals surface area contributed by atoms with Crippen LogP contribution in [0.25, 0.3) is 21.9 Å². The van der Waals surface area contributed by atoms with Crippen LogP contribution < -0.4 is 0 Å². The van der Waals surface area contributed by atoms with Crippen LogP contribution in [0.5, 0.6) is 5.75 Å². The van der Waals surface area contributed by atoms with Crippen molar-refractivity contribution in [1.29, 1.82) is 0 Å². The summed E-state index contributed by atoms with van der Waals surface area (Å²) in [4.78, 5) is 15.2. The van der Waals surface area contributed by atoms with E-state index in [1.807, 2.05) is 24.3 Å². The molecule has 0 amide bonds. The minimum Gasteiger partial charge on any atom is -0.507 e. The molecule has 0 atom stereocenters. The van der Waals surface area contributed by atoms with Crippen molar-refractivity contribution in [2.45, 2.75) is 0 Å². The maximum absolute atomic E-state index is 11.1. The van der Waals surface area contributed by atoms with Gasteiger partial charge in [0.05, 0.1) is 0 Å². The van der Waals surface area contributed by atoms with Gasteiger partial charge in [-0.25, -0.2) is 4.79 Å². The fourth-order valence-electron chi connectivity index (χ4n) is 2.25. The molecule has 3 aromatic rings. The van der Waals surface area contributed by atoms with Gasteiger partial charge in [-0.15, -0.1) is 0 Å². The second-order valence-corrected chi connectivity index (χ2v) is 4.44. The summed E-state index contributed by atoms with van der Waals surface area (Å²) in [5.41, 5.74) is 1.55. The van der Waals surface area contributed by atoms with Crippen LogP contribution in [0.1, 0.15) is 10.4 Å². The lowest BCUT2D eigenvalue weighted by Gasteiger charge is -2.08. The summed E-state index contributed by atoms with van der Waals surface area (Å²) in [6.45, 7) is 0. The van der Waals surface area contributed by atoms with E-state index >= 15 is 0 Å². The largest absolute Gasteiger partial charge is 0.507 e. The zero-order chi connectivity index (χ0) is 14.1. The highest BCUT2D eigenvalue weighted by atomic mass is 16.4. The van der Waals surface area contributed by atoms with E-state index in [1.54, 1.807) is 18.5 Å². The number of aromatic hydroxyl groups is 1. The molecule has 3 rings (SSSR count). The molecule has 0 spiro atoms. The maximum Gasteiger partial charge on any atom is 0.339 e. The van der Waals surface area contributed by atoms with Gasteiger partial charge in [0.25, 0.3) is 0 Å². The van der Waals surface area contributed by atoms with Gasteiger partial charge in [0, 0.05) is 17.8 Å². The van der Waals surface area contributed by atoms with E-state index in [2.05, 4.69) is 4.98 Å². The smallest absolute Gasteiger partial charge is 0.339 e. The minimum absolute atomic E-state index is 0.103. The van der Waals surface area contributed by atoms with E-state index in [4.69, 9.17) is 5.11 Å². The SMILES string of the molecule is O=C(O)c1cc(-c2cccc3cnccc23)ccc1O. The van der Waals surface area contributed by atoms with Crippen molar-refractivity contribution < 1.29 is 15.0 Å². The number of hydrogen-bond acceptors (Lipinski definition) is 3. The van der Waals surface area contributed by atoms with Crippen molar-refractivity contribution in [2.24, 2.45) is 0 Å². The second-order valence-electron chi connectivity index (χ2n) is 4.44. The molecule has 2 aromatic carbocycles. The number of rotatable bonds is 2. The Morgan fingerprint density at radius 2 is 1.95 bits per heavy atom. The molecule has 0 fully saturated rings. The molecular formula is C16H11NO3. The number of aromatic nitrogens is 1. The molecule has 1 aromatic heterocycles. The van der Waals surface area contributed by atoms with Gasteiger partial charge in [-0.05, 0) is 34.7 Å². The third-order valence-corrected chi connectivity index (χ3v) is 3.22. The van der Waals surface area contributed by atoms with Crippen LogP contribution in [-0.4, -0.2) is 21.2 Å². The summed E-state index contributed by atoms with van der Waals surface area (Å²) < 4.78 is 0. The Bertz CT molecular complexity index is 806. The Labute approximate surface area is 115 Å². The molecule has 4 heteroatoms. The van der Waals surface area contributed by atoms with E-state index in [1.165, 1.54) is 12.1 Å². The first kappa shape index (κ1) is 12.2. The molecule has 0 saturated heterocycles. The highest BCUT2D eigenvalue weighted by Crippen LogP contribution is 2.31. The monoisotopic (exact) mass is 265 g/mol. The quantitative estimate of drug-likeness (QED) is 0.745. The Morgan fingerprint density at radius 1 is 1.10 bits per heavy atom. The molecule has 98 valence electrons. The van der Waals surface area contributed by atoms with Crippen molar-refractivity contribution in [3.63, 3.8) is 0 Å². The third kappa shape index (κ3) is 1.97. The van der Waals surface area contributed by atoms with Gasteiger partial charge in [0.15, 0.2) is 0 Å². The first-order chi connectivity index (χ1) is 9.66. The highest BCUT2D eigenvalue weighted by Gasteiger charge is 2.12. The van der Waals surface area contributed by atoms with Crippen molar-refractivity contribution >= 4 is 16.7 Å². The zero-order valence-electron chi connectivity index (χ0n) is 10.4. The molecule has 0 aliphatic rings. The van der Waals surface area contributed by atoms with Crippen LogP contribution in [0.2, 0.25) is 0 Å². The average molecular weight is 265 g/mol. The fraction of sp³-hybridized carbons (Fsp3) is 0. The van der Waals surface area contributed by atoms with Crippen LogP contribution in [0.4, 0.5) is 0 Å². The van der Waals surface area contributed by atoms with Gasteiger partial charge in [-0.3, -0.25) is 4.98 Å². The molecule has 0 unspecified atom stereocenters. The van der Waals surface area contributed by atoms with Crippen LogP contribution in [0, 0.1) is 0 Å². The number of phenols is 1.